The van der Waals surface area contributed by atoms with Gasteiger partial charge < -0.3 is 16.4 Å². The zero-order valence-electron chi connectivity index (χ0n) is 12.4. The van der Waals surface area contributed by atoms with E-state index in [-0.39, 0.29) is 0 Å². The van der Waals surface area contributed by atoms with Crippen molar-refractivity contribution >= 4 is 17.3 Å². The highest BCUT2D eigenvalue weighted by Crippen LogP contribution is 2.29. The van der Waals surface area contributed by atoms with E-state index in [1.54, 1.807) is 6.07 Å². The van der Waals surface area contributed by atoms with E-state index in [0.29, 0.717) is 11.3 Å². The molecule has 110 valence electrons. The molecule has 0 saturated carbocycles. The summed E-state index contributed by atoms with van der Waals surface area (Å²) in [5.41, 5.74) is 13.3. The number of carbonyl (C=O) groups is 1. The molecule has 20 heavy (non-hydrogen) atoms. The van der Waals surface area contributed by atoms with Crippen LogP contribution in [0.15, 0.2) is 18.2 Å². The van der Waals surface area contributed by atoms with Crippen LogP contribution in [0.4, 0.5) is 11.4 Å². The Morgan fingerprint density at radius 1 is 1.30 bits per heavy atom. The molecule has 0 spiro atoms. The number of nitrogen functional groups attached to an aromatic ring is 1. The summed E-state index contributed by atoms with van der Waals surface area (Å²) in [6.45, 7) is 6.54. The highest BCUT2D eigenvalue weighted by molar-refractivity contribution is 5.99. The van der Waals surface area contributed by atoms with Crippen molar-refractivity contribution in [2.45, 2.75) is 33.1 Å². The van der Waals surface area contributed by atoms with Crippen LogP contribution in [0.1, 0.15) is 43.5 Å². The molecule has 1 aromatic carbocycles. The maximum atomic E-state index is 11.6. The SMILES string of the molecule is CC(C)C1CCCN(c2ccc(N)cc2C(N)=O)CC1. The van der Waals surface area contributed by atoms with Crippen molar-refractivity contribution in [3.63, 3.8) is 0 Å². The molecule has 4 nitrogen and oxygen atoms in total. The summed E-state index contributed by atoms with van der Waals surface area (Å²) in [5, 5.41) is 0. The third-order valence-corrected chi connectivity index (χ3v) is 4.34. The molecule has 4 heteroatoms. The lowest BCUT2D eigenvalue weighted by molar-refractivity contribution is 0.100. The van der Waals surface area contributed by atoms with Crippen molar-refractivity contribution in [1.82, 2.24) is 0 Å². The minimum Gasteiger partial charge on any atom is -0.399 e. The highest BCUT2D eigenvalue weighted by atomic mass is 16.1. The lowest BCUT2D eigenvalue weighted by atomic mass is 9.89. The molecule has 1 atom stereocenters. The van der Waals surface area contributed by atoms with Crippen molar-refractivity contribution in [2.75, 3.05) is 23.7 Å². The largest absolute Gasteiger partial charge is 0.399 e. The Hall–Kier alpha value is -1.71. The van der Waals surface area contributed by atoms with E-state index in [0.717, 1.165) is 37.0 Å². The minimum absolute atomic E-state index is 0.406. The molecule has 1 aliphatic heterocycles. The van der Waals surface area contributed by atoms with Crippen LogP contribution in [0, 0.1) is 11.8 Å². The van der Waals surface area contributed by atoms with Crippen molar-refractivity contribution < 1.29 is 4.79 Å². The predicted octanol–water partition coefficient (Wildman–Crippen LogP) is 2.63. The molecular weight excluding hydrogens is 250 g/mol. The smallest absolute Gasteiger partial charge is 0.250 e. The highest BCUT2D eigenvalue weighted by Gasteiger charge is 2.22. The lowest BCUT2D eigenvalue weighted by Crippen LogP contribution is -2.27. The van der Waals surface area contributed by atoms with Gasteiger partial charge in [0.25, 0.3) is 5.91 Å². The Morgan fingerprint density at radius 2 is 2.05 bits per heavy atom. The van der Waals surface area contributed by atoms with E-state index < -0.39 is 5.91 Å². The number of anilines is 2. The van der Waals surface area contributed by atoms with Gasteiger partial charge in [-0.2, -0.15) is 0 Å². The molecule has 0 radical (unpaired) electrons. The third-order valence-electron chi connectivity index (χ3n) is 4.34. The van der Waals surface area contributed by atoms with Crippen LogP contribution in [0.3, 0.4) is 0 Å². The molecule has 1 heterocycles. The van der Waals surface area contributed by atoms with E-state index in [1.807, 2.05) is 12.1 Å². The molecule has 0 aliphatic carbocycles. The summed E-state index contributed by atoms with van der Waals surface area (Å²) >= 11 is 0. The third kappa shape index (κ3) is 3.24. The standard InChI is InChI=1S/C16H25N3O/c1-11(2)12-4-3-8-19(9-7-12)15-6-5-13(17)10-14(15)16(18)20/h5-6,10-12H,3-4,7-9,17H2,1-2H3,(H2,18,20). The van der Waals surface area contributed by atoms with Crippen molar-refractivity contribution in [3.05, 3.63) is 23.8 Å². The molecule has 0 aromatic heterocycles. The summed E-state index contributed by atoms with van der Waals surface area (Å²) in [4.78, 5) is 13.9. The van der Waals surface area contributed by atoms with Crippen molar-refractivity contribution in [1.29, 1.82) is 0 Å². The first-order chi connectivity index (χ1) is 9.49. The Balaban J connectivity index is 2.21. The molecule has 0 bridgehead atoms. The molecule has 1 amide bonds. The molecular formula is C16H25N3O. The normalized spacial score (nSPS) is 19.9. The fourth-order valence-electron chi connectivity index (χ4n) is 3.06. The maximum absolute atomic E-state index is 11.6. The maximum Gasteiger partial charge on any atom is 0.250 e. The number of hydrogen-bond acceptors (Lipinski definition) is 3. The van der Waals surface area contributed by atoms with Crippen LogP contribution in [-0.4, -0.2) is 19.0 Å². The average Bonchev–Trinajstić information content (AvgIpc) is 2.64. The predicted molar refractivity (Wildman–Crippen MR) is 83.8 cm³/mol. The van der Waals surface area contributed by atoms with Crippen LogP contribution in [0.5, 0.6) is 0 Å². The number of rotatable bonds is 3. The number of hydrogen-bond donors (Lipinski definition) is 2. The van der Waals surface area contributed by atoms with Gasteiger partial charge in [-0.3, -0.25) is 4.79 Å². The quantitative estimate of drug-likeness (QED) is 0.833. The summed E-state index contributed by atoms with van der Waals surface area (Å²) in [6, 6.07) is 5.44. The average molecular weight is 275 g/mol. The van der Waals surface area contributed by atoms with Crippen LogP contribution < -0.4 is 16.4 Å². The van der Waals surface area contributed by atoms with Crippen LogP contribution in [0.25, 0.3) is 0 Å². The molecule has 1 saturated heterocycles. The fourth-order valence-corrected chi connectivity index (χ4v) is 3.06. The number of carbonyl (C=O) groups excluding carboxylic acids is 1. The zero-order chi connectivity index (χ0) is 14.7. The Labute approximate surface area is 121 Å². The topological polar surface area (TPSA) is 72.3 Å². The van der Waals surface area contributed by atoms with Gasteiger partial charge in [-0.05, 0) is 49.3 Å². The molecule has 1 unspecified atom stereocenters. The molecule has 2 rings (SSSR count). The van der Waals surface area contributed by atoms with Gasteiger partial charge in [0, 0.05) is 24.5 Å². The fraction of sp³-hybridized carbons (Fsp3) is 0.562. The minimum atomic E-state index is -0.406. The van der Waals surface area contributed by atoms with E-state index in [1.165, 1.54) is 12.8 Å². The number of amides is 1. The van der Waals surface area contributed by atoms with Gasteiger partial charge in [0.15, 0.2) is 0 Å². The second kappa shape index (κ2) is 6.16. The first-order valence-electron chi connectivity index (χ1n) is 7.43. The van der Waals surface area contributed by atoms with Gasteiger partial charge in [0.2, 0.25) is 0 Å². The number of nitrogens with two attached hydrogens (primary N) is 2. The van der Waals surface area contributed by atoms with Gasteiger partial charge in [-0.15, -0.1) is 0 Å². The Morgan fingerprint density at radius 3 is 2.70 bits per heavy atom. The van der Waals surface area contributed by atoms with Gasteiger partial charge >= 0.3 is 0 Å². The van der Waals surface area contributed by atoms with E-state index >= 15 is 0 Å². The summed E-state index contributed by atoms with van der Waals surface area (Å²) < 4.78 is 0. The van der Waals surface area contributed by atoms with Gasteiger partial charge in [0.1, 0.15) is 0 Å². The number of benzene rings is 1. The second-order valence-corrected chi connectivity index (χ2v) is 6.06. The molecule has 4 N–H and O–H groups in total. The molecule has 1 fully saturated rings. The van der Waals surface area contributed by atoms with Crippen LogP contribution in [-0.2, 0) is 0 Å². The van der Waals surface area contributed by atoms with E-state index in [9.17, 15) is 4.79 Å². The van der Waals surface area contributed by atoms with Gasteiger partial charge in [-0.1, -0.05) is 13.8 Å². The van der Waals surface area contributed by atoms with Gasteiger partial charge in [0.05, 0.1) is 5.56 Å². The van der Waals surface area contributed by atoms with E-state index in [4.69, 9.17) is 11.5 Å². The Bertz CT molecular complexity index is 485. The van der Waals surface area contributed by atoms with Crippen molar-refractivity contribution in [3.8, 4) is 0 Å². The summed E-state index contributed by atoms with van der Waals surface area (Å²) in [5.74, 6) is 1.08. The first kappa shape index (κ1) is 14.7. The molecule has 1 aromatic rings. The zero-order valence-corrected chi connectivity index (χ0v) is 12.4. The summed E-state index contributed by atoms with van der Waals surface area (Å²) in [7, 11) is 0. The number of primary amides is 1. The monoisotopic (exact) mass is 275 g/mol. The first-order valence-corrected chi connectivity index (χ1v) is 7.43. The summed E-state index contributed by atoms with van der Waals surface area (Å²) in [6.07, 6.45) is 3.58. The van der Waals surface area contributed by atoms with Gasteiger partial charge in [-0.25, -0.2) is 0 Å². The van der Waals surface area contributed by atoms with Crippen LogP contribution in [0.2, 0.25) is 0 Å². The number of nitrogens with zero attached hydrogens (tertiary/aromatic N) is 1. The van der Waals surface area contributed by atoms with Crippen LogP contribution >= 0.6 is 0 Å². The van der Waals surface area contributed by atoms with Crippen molar-refractivity contribution in [2.24, 2.45) is 17.6 Å². The molecule has 1 aliphatic rings. The van der Waals surface area contributed by atoms with E-state index in [2.05, 4.69) is 18.7 Å². The Kier molecular flexibility index (Phi) is 4.53. The lowest BCUT2D eigenvalue weighted by Gasteiger charge is -2.25. The second-order valence-electron chi connectivity index (χ2n) is 6.06.